The lowest BCUT2D eigenvalue weighted by molar-refractivity contribution is -0.128. The molecule has 0 aliphatic carbocycles. The number of aromatic nitrogens is 2. The second-order valence-corrected chi connectivity index (χ2v) is 12.4. The second-order valence-electron chi connectivity index (χ2n) is 12.4. The van der Waals surface area contributed by atoms with E-state index >= 15 is 0 Å². The summed E-state index contributed by atoms with van der Waals surface area (Å²) in [5.41, 5.74) is 16.9. The summed E-state index contributed by atoms with van der Waals surface area (Å²) in [7, 11) is 0. The molecule has 0 fully saturated rings. The van der Waals surface area contributed by atoms with Gasteiger partial charge in [-0.2, -0.15) is 0 Å². The molecule has 9 N–H and O–H groups in total. The highest BCUT2D eigenvalue weighted by Crippen LogP contribution is 2.34. The van der Waals surface area contributed by atoms with Crippen molar-refractivity contribution in [1.82, 2.24) is 25.9 Å². The summed E-state index contributed by atoms with van der Waals surface area (Å²) in [6.45, 7) is 4.93. The van der Waals surface area contributed by atoms with Crippen molar-refractivity contribution < 1.29 is 29.1 Å². The lowest BCUT2D eigenvalue weighted by Gasteiger charge is -2.23. The van der Waals surface area contributed by atoms with Crippen molar-refractivity contribution in [1.29, 1.82) is 0 Å². The van der Waals surface area contributed by atoms with Crippen molar-refractivity contribution in [2.45, 2.75) is 52.1 Å². The fourth-order valence-corrected chi connectivity index (χ4v) is 6.01. The van der Waals surface area contributed by atoms with Crippen LogP contribution in [0.5, 0.6) is 5.75 Å². The van der Waals surface area contributed by atoms with E-state index in [0.717, 1.165) is 0 Å². The van der Waals surface area contributed by atoms with Crippen LogP contribution in [0.2, 0.25) is 0 Å². The molecule has 1 aromatic heterocycles. The van der Waals surface area contributed by atoms with Gasteiger partial charge in [0.2, 0.25) is 23.6 Å². The Morgan fingerprint density at radius 3 is 2.31 bits per heavy atom. The SMILES string of the molecule is Cc1cc2cc(c1NC(=O)[C@H](CCN)NC(=O)c1c(C)nc(-c3ccc(O)cc3)nc1C)-c1cccc(c1)CC(=O)NCC(=O)NC(C(N)=O)C2. The number of hydrogen-bond acceptors (Lipinski definition) is 9. The highest BCUT2D eigenvalue weighted by molar-refractivity contribution is 6.04. The van der Waals surface area contributed by atoms with Gasteiger partial charge in [-0.1, -0.05) is 30.3 Å². The minimum absolute atomic E-state index is 0.0101. The number of aromatic hydroxyl groups is 1. The lowest BCUT2D eigenvalue weighted by atomic mass is 9.93. The molecule has 264 valence electrons. The van der Waals surface area contributed by atoms with E-state index in [1.54, 1.807) is 57.2 Å². The molecule has 5 amide bonds. The minimum atomic E-state index is -1.05. The smallest absolute Gasteiger partial charge is 0.255 e. The van der Waals surface area contributed by atoms with Gasteiger partial charge in [-0.15, -0.1) is 0 Å². The third kappa shape index (κ3) is 8.72. The average Bonchev–Trinajstić information content (AvgIpc) is 3.07. The molecule has 5 rings (SSSR count). The van der Waals surface area contributed by atoms with E-state index in [1.807, 2.05) is 12.1 Å². The van der Waals surface area contributed by atoms with Gasteiger partial charge in [0.15, 0.2) is 5.82 Å². The van der Waals surface area contributed by atoms with Crippen molar-refractivity contribution in [3.8, 4) is 28.3 Å². The van der Waals surface area contributed by atoms with E-state index < -0.39 is 35.7 Å². The molecule has 51 heavy (non-hydrogen) atoms. The first-order valence-corrected chi connectivity index (χ1v) is 16.4. The topological polar surface area (TPSA) is 232 Å². The predicted molar refractivity (Wildman–Crippen MR) is 190 cm³/mol. The van der Waals surface area contributed by atoms with E-state index in [2.05, 4.69) is 31.2 Å². The van der Waals surface area contributed by atoms with Crippen molar-refractivity contribution >= 4 is 35.2 Å². The maximum Gasteiger partial charge on any atom is 0.255 e. The predicted octanol–water partition coefficient (Wildman–Crippen LogP) is 1.71. The fraction of sp³-hybridized carbons (Fsp3) is 0.270. The van der Waals surface area contributed by atoms with Crippen LogP contribution >= 0.6 is 0 Å². The first-order valence-electron chi connectivity index (χ1n) is 16.4. The van der Waals surface area contributed by atoms with Gasteiger partial charge in [0.1, 0.15) is 17.8 Å². The molecule has 14 heteroatoms. The van der Waals surface area contributed by atoms with E-state index in [4.69, 9.17) is 11.5 Å². The number of carbonyl (C=O) groups excluding carboxylic acids is 5. The van der Waals surface area contributed by atoms with Crippen LogP contribution in [-0.2, 0) is 32.0 Å². The van der Waals surface area contributed by atoms with E-state index in [9.17, 15) is 29.1 Å². The quantitative estimate of drug-likeness (QED) is 0.142. The van der Waals surface area contributed by atoms with Gasteiger partial charge >= 0.3 is 0 Å². The maximum absolute atomic E-state index is 13.9. The largest absolute Gasteiger partial charge is 0.508 e. The van der Waals surface area contributed by atoms with Crippen molar-refractivity contribution in [2.75, 3.05) is 18.4 Å². The van der Waals surface area contributed by atoms with Crippen LogP contribution in [0.25, 0.3) is 22.5 Å². The summed E-state index contributed by atoms with van der Waals surface area (Å²) >= 11 is 0. The first-order chi connectivity index (χ1) is 24.3. The Hall–Kier alpha value is -6.15. The van der Waals surface area contributed by atoms with Gasteiger partial charge in [0.25, 0.3) is 5.91 Å². The molecule has 4 aromatic rings. The number of fused-ring (bicyclic) bond motifs is 5. The molecule has 3 aromatic carbocycles. The number of phenols is 1. The number of aryl methyl sites for hydroxylation is 3. The minimum Gasteiger partial charge on any atom is -0.508 e. The van der Waals surface area contributed by atoms with E-state index in [-0.39, 0.29) is 49.6 Å². The van der Waals surface area contributed by atoms with Crippen molar-refractivity contribution in [3.63, 3.8) is 0 Å². The van der Waals surface area contributed by atoms with E-state index in [1.165, 1.54) is 12.1 Å². The van der Waals surface area contributed by atoms with Gasteiger partial charge in [0, 0.05) is 17.5 Å². The summed E-state index contributed by atoms with van der Waals surface area (Å²) in [4.78, 5) is 74.0. The standard InChI is InChI=1S/C37H40N8O6/c1-19-13-23-15-27(25-6-4-5-22(14-25)17-30(47)40-18-31(48)43-29(16-23)34(39)49)33(19)45-36(50)28(11-12-38)44-37(51)32-20(2)41-35(42-21(32)3)24-7-9-26(46)10-8-24/h4-10,13-15,28-29,46H,11-12,16-18,38H2,1-3H3,(H2,39,49)(H,40,47)(H,43,48)(H,44,51)(H,45,50)/t28-,29?/m0/s1. The van der Waals surface area contributed by atoms with Crippen molar-refractivity contribution in [3.05, 3.63) is 94.3 Å². The molecular weight excluding hydrogens is 652 g/mol. The zero-order valence-electron chi connectivity index (χ0n) is 28.5. The highest BCUT2D eigenvalue weighted by Gasteiger charge is 2.27. The summed E-state index contributed by atoms with van der Waals surface area (Å²) in [6, 6.07) is 15.1. The fourth-order valence-electron chi connectivity index (χ4n) is 6.01. The Kier molecular flexibility index (Phi) is 11.1. The van der Waals surface area contributed by atoms with Crippen LogP contribution in [0.3, 0.4) is 0 Å². The zero-order valence-corrected chi connectivity index (χ0v) is 28.5. The van der Waals surface area contributed by atoms with Crippen LogP contribution in [-0.4, -0.2) is 69.8 Å². The molecule has 0 saturated carbocycles. The summed E-state index contributed by atoms with van der Waals surface area (Å²) in [5, 5.41) is 20.6. The highest BCUT2D eigenvalue weighted by atomic mass is 16.3. The van der Waals surface area contributed by atoms with Gasteiger partial charge in [-0.25, -0.2) is 9.97 Å². The van der Waals surface area contributed by atoms with Gasteiger partial charge in [0.05, 0.1) is 35.6 Å². The van der Waals surface area contributed by atoms with Crippen LogP contribution in [0.1, 0.15) is 44.9 Å². The molecule has 0 spiro atoms. The number of primary amides is 1. The van der Waals surface area contributed by atoms with Gasteiger partial charge in [-0.3, -0.25) is 24.0 Å². The van der Waals surface area contributed by atoms with Gasteiger partial charge in [-0.05, 0) is 86.3 Å². The van der Waals surface area contributed by atoms with Crippen molar-refractivity contribution in [2.24, 2.45) is 11.5 Å². The Morgan fingerprint density at radius 2 is 1.65 bits per heavy atom. The first kappa shape index (κ1) is 36.1. The Morgan fingerprint density at radius 1 is 0.941 bits per heavy atom. The number of amides is 5. The number of carbonyl (C=O) groups is 5. The number of nitrogens with zero attached hydrogens (tertiary/aromatic N) is 2. The van der Waals surface area contributed by atoms with Crippen LogP contribution < -0.4 is 32.7 Å². The Balaban J connectivity index is 1.47. The lowest BCUT2D eigenvalue weighted by Crippen LogP contribution is -2.49. The Bertz CT molecular complexity index is 1990. The molecule has 14 nitrogen and oxygen atoms in total. The molecule has 2 heterocycles. The molecule has 4 bridgehead atoms. The monoisotopic (exact) mass is 692 g/mol. The van der Waals surface area contributed by atoms with E-state index in [0.29, 0.717) is 56.3 Å². The number of nitrogens with one attached hydrogen (secondary N) is 4. The summed E-state index contributed by atoms with van der Waals surface area (Å²) in [6.07, 6.45) is 0.178. The van der Waals surface area contributed by atoms with Crippen LogP contribution in [0.15, 0.2) is 60.7 Å². The molecule has 1 unspecified atom stereocenters. The Labute approximate surface area is 294 Å². The second kappa shape index (κ2) is 15.6. The number of phenolic OH excluding ortho intramolecular Hbond substituents is 1. The molecule has 1 aliphatic heterocycles. The zero-order chi connectivity index (χ0) is 36.8. The summed E-state index contributed by atoms with van der Waals surface area (Å²) in [5.74, 6) is -2.27. The number of rotatable bonds is 8. The number of benzene rings is 3. The van der Waals surface area contributed by atoms with Crippen LogP contribution in [0.4, 0.5) is 5.69 Å². The maximum atomic E-state index is 13.9. The molecule has 2 atom stereocenters. The third-order valence-electron chi connectivity index (χ3n) is 8.51. The van der Waals surface area contributed by atoms with Crippen LogP contribution in [0, 0.1) is 20.8 Å². The molecular formula is C37H40N8O6. The summed E-state index contributed by atoms with van der Waals surface area (Å²) < 4.78 is 0. The molecule has 1 aliphatic rings. The average molecular weight is 693 g/mol. The molecule has 0 radical (unpaired) electrons. The number of anilines is 1. The molecule has 0 saturated heterocycles. The number of nitrogens with two attached hydrogens (primary N) is 2. The van der Waals surface area contributed by atoms with Gasteiger partial charge < -0.3 is 37.8 Å². The number of hydrogen-bond donors (Lipinski definition) is 7. The normalized spacial score (nSPS) is 15.1. The third-order valence-corrected chi connectivity index (χ3v) is 8.51.